The number of benzene rings is 2. The first-order valence-corrected chi connectivity index (χ1v) is 12.3. The number of hydrogen-bond acceptors (Lipinski definition) is 5. The average molecular weight is 503 g/mol. The topological polar surface area (TPSA) is 79.7 Å². The second kappa shape index (κ2) is 10.5. The number of rotatable bonds is 7. The predicted molar refractivity (Wildman–Crippen MR) is 140 cm³/mol. The number of aromatic nitrogens is 1. The second-order valence-corrected chi connectivity index (χ2v) is 10.0. The van der Waals surface area contributed by atoms with Crippen molar-refractivity contribution in [3.05, 3.63) is 101 Å². The molecule has 3 aromatic rings. The molecular weight excluding hydrogens is 471 g/mol. The molecule has 37 heavy (non-hydrogen) atoms. The van der Waals surface area contributed by atoms with E-state index in [-0.39, 0.29) is 29.1 Å². The van der Waals surface area contributed by atoms with Crippen LogP contribution < -0.4 is 4.74 Å². The van der Waals surface area contributed by atoms with Crippen molar-refractivity contribution in [2.75, 3.05) is 13.2 Å². The molecule has 4 rings (SSSR count). The van der Waals surface area contributed by atoms with Crippen molar-refractivity contribution in [1.29, 1.82) is 0 Å². The Balaban J connectivity index is 1.79. The van der Waals surface area contributed by atoms with E-state index in [0.717, 1.165) is 11.1 Å². The lowest BCUT2D eigenvalue weighted by Crippen LogP contribution is -2.31. The molecule has 6 nitrogen and oxygen atoms in total. The third kappa shape index (κ3) is 5.40. The number of halogens is 1. The number of aliphatic hydroxyl groups is 1. The molecule has 1 saturated heterocycles. The van der Waals surface area contributed by atoms with Crippen LogP contribution in [-0.4, -0.2) is 39.8 Å². The van der Waals surface area contributed by atoms with E-state index in [9.17, 15) is 19.1 Å². The first-order valence-electron chi connectivity index (χ1n) is 12.3. The molecule has 0 radical (unpaired) electrons. The highest BCUT2D eigenvalue weighted by atomic mass is 19.1. The molecule has 1 amide bonds. The fourth-order valence-corrected chi connectivity index (χ4v) is 4.60. The van der Waals surface area contributed by atoms with E-state index in [0.29, 0.717) is 29.9 Å². The maximum atomic E-state index is 13.3. The van der Waals surface area contributed by atoms with Crippen LogP contribution in [0.5, 0.6) is 5.75 Å². The van der Waals surface area contributed by atoms with Gasteiger partial charge in [-0.3, -0.25) is 14.6 Å². The first-order chi connectivity index (χ1) is 17.6. The van der Waals surface area contributed by atoms with Gasteiger partial charge in [0.05, 0.1) is 18.2 Å². The van der Waals surface area contributed by atoms with Gasteiger partial charge in [-0.2, -0.15) is 0 Å². The van der Waals surface area contributed by atoms with Crippen LogP contribution in [-0.2, 0) is 21.4 Å². The highest BCUT2D eigenvalue weighted by molar-refractivity contribution is 6.46. The Kier molecular flexibility index (Phi) is 7.43. The summed E-state index contributed by atoms with van der Waals surface area (Å²) in [5.41, 5.74) is 2.55. The van der Waals surface area contributed by atoms with Gasteiger partial charge in [0.25, 0.3) is 11.7 Å². The molecule has 0 saturated carbocycles. The summed E-state index contributed by atoms with van der Waals surface area (Å²) in [6.45, 7) is 8.74. The van der Waals surface area contributed by atoms with E-state index in [1.807, 2.05) is 33.8 Å². The third-order valence-corrected chi connectivity index (χ3v) is 6.48. The molecule has 1 N–H and O–H groups in total. The number of carbonyl (C=O) groups is 2. The fourth-order valence-electron chi connectivity index (χ4n) is 4.60. The van der Waals surface area contributed by atoms with Crippen LogP contribution in [0.25, 0.3) is 5.76 Å². The van der Waals surface area contributed by atoms with Crippen molar-refractivity contribution in [2.24, 2.45) is 0 Å². The van der Waals surface area contributed by atoms with E-state index < -0.39 is 17.7 Å². The Morgan fingerprint density at radius 3 is 2.35 bits per heavy atom. The molecule has 1 unspecified atom stereocenters. The Labute approximate surface area is 216 Å². The number of nitrogens with zero attached hydrogens (tertiary/aromatic N) is 2. The third-order valence-electron chi connectivity index (χ3n) is 6.48. The zero-order valence-electron chi connectivity index (χ0n) is 21.5. The number of aliphatic hydroxyl groups excluding tert-OH is 1. The highest BCUT2D eigenvalue weighted by Gasteiger charge is 2.46. The van der Waals surface area contributed by atoms with Gasteiger partial charge < -0.3 is 14.7 Å². The van der Waals surface area contributed by atoms with Gasteiger partial charge in [0.2, 0.25) is 0 Å². The Morgan fingerprint density at radius 2 is 1.73 bits per heavy atom. The second-order valence-electron chi connectivity index (χ2n) is 10.0. The summed E-state index contributed by atoms with van der Waals surface area (Å²) < 4.78 is 19.1. The van der Waals surface area contributed by atoms with Gasteiger partial charge in [0, 0.05) is 30.1 Å². The van der Waals surface area contributed by atoms with Crippen molar-refractivity contribution < 1.29 is 23.8 Å². The normalized spacial score (nSPS) is 17.3. The summed E-state index contributed by atoms with van der Waals surface area (Å²) in [6.07, 6.45) is 3.60. The lowest BCUT2D eigenvalue weighted by Gasteiger charge is -2.26. The minimum Gasteiger partial charge on any atom is -0.507 e. The van der Waals surface area contributed by atoms with Gasteiger partial charge in [-0.15, -0.1) is 0 Å². The van der Waals surface area contributed by atoms with Crippen molar-refractivity contribution in [3.63, 3.8) is 0 Å². The quantitative estimate of drug-likeness (QED) is 0.259. The minimum absolute atomic E-state index is 0.0272. The molecule has 0 aliphatic carbocycles. The van der Waals surface area contributed by atoms with Crippen molar-refractivity contribution in [2.45, 2.75) is 45.6 Å². The number of hydrogen-bond donors (Lipinski definition) is 1. The first kappa shape index (κ1) is 26.1. The maximum absolute atomic E-state index is 13.3. The Morgan fingerprint density at radius 1 is 1.05 bits per heavy atom. The van der Waals surface area contributed by atoms with Crippen LogP contribution in [0.2, 0.25) is 0 Å². The molecule has 2 heterocycles. The number of Topliss-reactive ketones (excluding diaryl/α,β-unsaturated/α-hetero) is 1. The van der Waals surface area contributed by atoms with Crippen LogP contribution in [0.1, 0.15) is 56.0 Å². The maximum Gasteiger partial charge on any atom is 0.295 e. The van der Waals surface area contributed by atoms with Crippen molar-refractivity contribution in [3.8, 4) is 5.75 Å². The molecule has 7 heteroatoms. The summed E-state index contributed by atoms with van der Waals surface area (Å²) in [7, 11) is 0. The molecule has 1 atom stereocenters. The fraction of sp³-hybridized carbons (Fsp3) is 0.300. The zero-order valence-corrected chi connectivity index (χ0v) is 21.5. The number of amides is 1. The number of carbonyl (C=O) groups excluding carboxylic acids is 2. The van der Waals surface area contributed by atoms with Crippen molar-refractivity contribution >= 4 is 17.4 Å². The molecule has 0 spiro atoms. The molecule has 0 bridgehead atoms. The van der Waals surface area contributed by atoms with E-state index in [4.69, 9.17) is 4.74 Å². The smallest absolute Gasteiger partial charge is 0.295 e. The lowest BCUT2D eigenvalue weighted by atomic mass is 9.84. The lowest BCUT2D eigenvalue weighted by molar-refractivity contribution is -0.139. The molecule has 192 valence electrons. The van der Waals surface area contributed by atoms with E-state index >= 15 is 0 Å². The zero-order chi connectivity index (χ0) is 26.7. The number of pyridine rings is 1. The molecule has 1 aliphatic rings. The number of ketones is 1. The summed E-state index contributed by atoms with van der Waals surface area (Å²) in [4.78, 5) is 32.1. The number of likely N-dealkylation sites (tertiary alicyclic amines) is 1. The van der Waals surface area contributed by atoms with Crippen LogP contribution in [0.4, 0.5) is 4.39 Å². The van der Waals surface area contributed by atoms with E-state index in [1.54, 1.807) is 48.8 Å². The van der Waals surface area contributed by atoms with Gasteiger partial charge in [0.1, 0.15) is 17.3 Å². The Hall–Kier alpha value is -4.00. The van der Waals surface area contributed by atoms with Crippen LogP contribution in [0.3, 0.4) is 0 Å². The van der Waals surface area contributed by atoms with Crippen LogP contribution in [0.15, 0.2) is 72.6 Å². The molecule has 1 fully saturated rings. The number of ether oxygens (including phenoxy) is 1. The average Bonchev–Trinajstić information content (AvgIpc) is 3.13. The molecule has 1 aromatic heterocycles. The van der Waals surface area contributed by atoms with Crippen LogP contribution in [0, 0.1) is 5.82 Å². The van der Waals surface area contributed by atoms with Crippen molar-refractivity contribution in [1.82, 2.24) is 9.88 Å². The predicted octanol–water partition coefficient (Wildman–Crippen LogP) is 5.58. The molecular formula is C30H31FN2O4. The van der Waals surface area contributed by atoms with Gasteiger partial charge >= 0.3 is 0 Å². The summed E-state index contributed by atoms with van der Waals surface area (Å²) >= 11 is 0. The van der Waals surface area contributed by atoms with E-state index in [1.165, 1.54) is 17.0 Å². The largest absolute Gasteiger partial charge is 0.507 e. The Bertz CT molecular complexity index is 1330. The van der Waals surface area contributed by atoms with Gasteiger partial charge in [-0.25, -0.2) is 4.39 Å². The minimum atomic E-state index is -0.784. The highest BCUT2D eigenvalue weighted by Crippen LogP contribution is 2.41. The monoisotopic (exact) mass is 502 g/mol. The summed E-state index contributed by atoms with van der Waals surface area (Å²) in [5.74, 6) is -1.31. The molecule has 1 aliphatic heterocycles. The van der Waals surface area contributed by atoms with Gasteiger partial charge in [-0.05, 0) is 72.4 Å². The van der Waals surface area contributed by atoms with Gasteiger partial charge in [0.15, 0.2) is 0 Å². The summed E-state index contributed by atoms with van der Waals surface area (Å²) in [6, 6.07) is 14.0. The standard InChI is InChI=1S/C30H31FN2O4/c1-5-37-24-11-8-21(18-23(24)30(2,3)4)27(34)25-26(20-12-15-32-16-13-20)33(29(36)28(25)35)17-14-19-6-9-22(31)10-7-19/h6-13,15-16,18,26,34H,5,14,17H2,1-4H3/b27-25-. The van der Waals surface area contributed by atoms with Gasteiger partial charge in [-0.1, -0.05) is 32.9 Å². The van der Waals surface area contributed by atoms with E-state index in [2.05, 4.69) is 4.98 Å². The van der Waals surface area contributed by atoms with Crippen LogP contribution >= 0.6 is 0 Å². The summed E-state index contributed by atoms with van der Waals surface area (Å²) in [5, 5.41) is 11.5. The SMILES string of the molecule is CCOc1ccc(/C(O)=C2/C(=O)C(=O)N(CCc3ccc(F)cc3)C2c2ccncc2)cc1C(C)(C)C. The molecule has 2 aromatic carbocycles.